The molecule has 2 rings (SSSR count). The van der Waals surface area contributed by atoms with Crippen molar-refractivity contribution in [2.45, 2.75) is 198 Å². The molecule has 0 bridgehead atoms. The van der Waals surface area contributed by atoms with E-state index in [1.54, 1.807) is 0 Å². The van der Waals surface area contributed by atoms with Crippen molar-refractivity contribution in [3.8, 4) is 11.5 Å². The first kappa shape index (κ1) is 50.1. The van der Waals surface area contributed by atoms with E-state index in [1.807, 2.05) is 67.5 Å². The fraction of sp³-hybridized carbons (Fsp3) is 0.708. The van der Waals surface area contributed by atoms with E-state index in [-0.39, 0.29) is 71.1 Å². The van der Waals surface area contributed by atoms with Crippen LogP contribution in [0.2, 0.25) is 0 Å². The summed E-state index contributed by atoms with van der Waals surface area (Å²) >= 11 is 0. The van der Waals surface area contributed by atoms with Gasteiger partial charge in [-0.1, -0.05) is 122 Å². The second kappa shape index (κ2) is 18.9. The zero-order chi connectivity index (χ0) is 44.2. The number of sulfone groups is 1. The van der Waals surface area contributed by atoms with E-state index in [4.69, 9.17) is 9.47 Å². The molecule has 0 spiro atoms. The number of carbonyl (C=O) groups excluding carboxylic acids is 2. The lowest BCUT2D eigenvalue weighted by Crippen LogP contribution is -2.42. The minimum Gasteiger partial charge on any atom is -0.507 e. The Morgan fingerprint density at radius 1 is 0.614 bits per heavy atom. The number of ether oxygens (including phenoxy) is 2. The number of hydrogen-bond acceptors (Lipinski definition) is 8. The molecule has 2 aromatic carbocycles. The molecule has 4 atom stereocenters. The number of phenols is 2. The number of esters is 2. The van der Waals surface area contributed by atoms with Gasteiger partial charge < -0.3 is 19.7 Å². The van der Waals surface area contributed by atoms with Gasteiger partial charge in [-0.15, -0.1) is 0 Å². The average molecular weight is 815 g/mol. The van der Waals surface area contributed by atoms with E-state index < -0.39 is 32.3 Å². The van der Waals surface area contributed by atoms with Crippen LogP contribution in [0.3, 0.4) is 0 Å². The monoisotopic (exact) mass is 815 g/mol. The molecule has 0 fully saturated rings. The van der Waals surface area contributed by atoms with Gasteiger partial charge in [0.15, 0.2) is 9.84 Å². The largest absolute Gasteiger partial charge is 0.507 e. The summed E-state index contributed by atoms with van der Waals surface area (Å²) in [4.78, 5) is 27.0. The van der Waals surface area contributed by atoms with Gasteiger partial charge in [-0.25, -0.2) is 8.42 Å². The second-order valence-electron chi connectivity index (χ2n) is 20.8. The average Bonchev–Trinajstić information content (AvgIpc) is 3.05. The van der Waals surface area contributed by atoms with Crippen LogP contribution < -0.4 is 0 Å². The zero-order valence-corrected chi connectivity index (χ0v) is 39.7. The van der Waals surface area contributed by atoms with Crippen molar-refractivity contribution in [3.05, 3.63) is 56.6 Å². The summed E-state index contributed by atoms with van der Waals surface area (Å²) in [6.45, 7) is 36.2. The van der Waals surface area contributed by atoms with Crippen LogP contribution in [0, 0.1) is 50.4 Å². The Hall–Kier alpha value is -3.07. The molecule has 0 amide bonds. The summed E-state index contributed by atoms with van der Waals surface area (Å²) in [5, 5.41) is 20.5. The fourth-order valence-corrected chi connectivity index (χ4v) is 12.0. The number of benzene rings is 2. The van der Waals surface area contributed by atoms with Crippen LogP contribution in [0.4, 0.5) is 0 Å². The quantitative estimate of drug-likeness (QED) is 0.142. The van der Waals surface area contributed by atoms with Gasteiger partial charge in [-0.3, -0.25) is 9.59 Å². The van der Waals surface area contributed by atoms with Gasteiger partial charge >= 0.3 is 11.9 Å². The third kappa shape index (κ3) is 13.0. The van der Waals surface area contributed by atoms with E-state index in [9.17, 15) is 28.2 Å². The highest BCUT2D eigenvalue weighted by atomic mass is 32.2. The minimum atomic E-state index is -4.04. The molecule has 0 aromatic heterocycles. The Bertz CT molecular complexity index is 1710. The molecular formula is C48H78O8S. The van der Waals surface area contributed by atoms with Crippen LogP contribution in [-0.4, -0.2) is 41.1 Å². The van der Waals surface area contributed by atoms with E-state index in [2.05, 4.69) is 69.2 Å². The molecular weight excluding hydrogens is 737 g/mol. The number of rotatable bonds is 18. The lowest BCUT2D eigenvalue weighted by molar-refractivity contribution is -0.145. The Morgan fingerprint density at radius 2 is 0.912 bits per heavy atom. The molecule has 0 heterocycles. The molecule has 9 heteroatoms. The normalized spacial score (nSPS) is 15.2. The van der Waals surface area contributed by atoms with Crippen molar-refractivity contribution in [1.82, 2.24) is 0 Å². The topological polar surface area (TPSA) is 127 Å². The van der Waals surface area contributed by atoms with E-state index in [1.165, 1.54) is 0 Å². The maximum absolute atomic E-state index is 14.5. The summed E-state index contributed by atoms with van der Waals surface area (Å²) in [6, 6.07) is 3.93. The van der Waals surface area contributed by atoms with Crippen molar-refractivity contribution in [1.29, 1.82) is 0 Å². The third-order valence-corrected chi connectivity index (χ3v) is 15.0. The predicted octanol–water partition coefficient (Wildman–Crippen LogP) is 11.6. The molecule has 57 heavy (non-hydrogen) atoms. The molecule has 0 saturated heterocycles. The molecule has 324 valence electrons. The van der Waals surface area contributed by atoms with Gasteiger partial charge in [0, 0.05) is 11.1 Å². The maximum atomic E-state index is 14.5. The van der Waals surface area contributed by atoms with Crippen LogP contribution >= 0.6 is 0 Å². The van der Waals surface area contributed by atoms with Gasteiger partial charge in [0.25, 0.3) is 0 Å². The van der Waals surface area contributed by atoms with Crippen LogP contribution in [0.15, 0.2) is 12.1 Å². The zero-order valence-electron chi connectivity index (χ0n) is 38.9. The number of aromatic hydroxyl groups is 2. The summed E-state index contributed by atoms with van der Waals surface area (Å²) in [6.07, 6.45) is 2.03. The number of aryl methyl sites for hydroxylation is 2. The standard InChI is InChI=1S/C48H78O8S/c1-19-29(3)39(23-41(49)55-25-35-31(5)21-37(43(51)33(35)7)47(15,16)27-45(9,10)11)57(53,54)40(30(4)20-2)24-42(50)56-26-36-32(6)22-38(44(52)34(36)8)48(17,18)28-46(12,13)14/h21-22,29-30,39-40,51-52H,19-20,23-28H2,1-18H3. The van der Waals surface area contributed by atoms with E-state index in [0.29, 0.717) is 35.1 Å². The molecule has 4 unspecified atom stereocenters. The highest BCUT2D eigenvalue weighted by molar-refractivity contribution is 7.92. The Kier molecular flexibility index (Phi) is 16.6. The van der Waals surface area contributed by atoms with Crippen LogP contribution in [0.5, 0.6) is 11.5 Å². The van der Waals surface area contributed by atoms with Crippen molar-refractivity contribution < 1.29 is 37.7 Å². The van der Waals surface area contributed by atoms with Crippen molar-refractivity contribution >= 4 is 21.8 Å². The van der Waals surface area contributed by atoms with Crippen molar-refractivity contribution in [3.63, 3.8) is 0 Å². The van der Waals surface area contributed by atoms with Crippen molar-refractivity contribution in [2.75, 3.05) is 0 Å². The molecule has 2 N–H and O–H groups in total. The molecule has 0 radical (unpaired) electrons. The van der Waals surface area contributed by atoms with Gasteiger partial charge in [-0.2, -0.15) is 0 Å². The maximum Gasteiger partial charge on any atom is 0.307 e. The summed E-state index contributed by atoms with van der Waals surface area (Å²) in [7, 11) is -4.04. The summed E-state index contributed by atoms with van der Waals surface area (Å²) in [5.74, 6) is -1.69. The first-order chi connectivity index (χ1) is 25.8. The lowest BCUT2D eigenvalue weighted by atomic mass is 9.71. The molecule has 0 saturated carbocycles. The molecule has 8 nitrogen and oxygen atoms in total. The van der Waals surface area contributed by atoms with Gasteiger partial charge in [0.2, 0.25) is 0 Å². The smallest absolute Gasteiger partial charge is 0.307 e. The van der Waals surface area contributed by atoms with E-state index >= 15 is 0 Å². The van der Waals surface area contributed by atoms with E-state index in [0.717, 1.165) is 35.1 Å². The predicted molar refractivity (Wildman–Crippen MR) is 234 cm³/mol. The highest BCUT2D eigenvalue weighted by Gasteiger charge is 2.42. The number of phenolic OH excluding ortho intramolecular Hbond substituents is 2. The molecule has 0 aliphatic rings. The molecule has 2 aromatic rings. The molecule has 0 aliphatic carbocycles. The molecule has 0 aliphatic heterocycles. The Balaban J connectivity index is 2.32. The SMILES string of the molecule is CCC(C)C(CC(=O)OCc1c(C)cc(C(C)(C)CC(C)(C)C)c(O)c1C)S(=O)(=O)C(CC(=O)OCc1c(C)cc(C(C)(C)CC(C)(C)C)c(O)c1C)C(C)CC. The summed E-state index contributed by atoms with van der Waals surface area (Å²) in [5.41, 5.74) is 5.65. The van der Waals surface area contributed by atoms with Crippen LogP contribution in [-0.2, 0) is 52.9 Å². The van der Waals surface area contributed by atoms with Gasteiger partial charge in [0.1, 0.15) is 24.7 Å². The van der Waals surface area contributed by atoms with Gasteiger partial charge in [-0.05, 0) is 107 Å². The Morgan fingerprint density at radius 3 is 1.18 bits per heavy atom. The Labute approximate surface area is 346 Å². The fourth-order valence-electron chi connectivity index (χ4n) is 9.13. The lowest BCUT2D eigenvalue weighted by Gasteiger charge is -2.34. The summed E-state index contributed by atoms with van der Waals surface area (Å²) < 4.78 is 40.6. The minimum absolute atomic E-state index is 0.0479. The third-order valence-electron chi connectivity index (χ3n) is 12.1. The van der Waals surface area contributed by atoms with Gasteiger partial charge in [0.05, 0.1) is 23.3 Å². The first-order valence-corrected chi connectivity index (χ1v) is 22.6. The highest BCUT2D eigenvalue weighted by Crippen LogP contribution is 2.44. The first-order valence-electron chi connectivity index (χ1n) is 21.0. The van der Waals surface area contributed by atoms with Crippen LogP contribution in [0.1, 0.15) is 180 Å². The number of hydrogen-bond donors (Lipinski definition) is 2. The van der Waals surface area contributed by atoms with Crippen molar-refractivity contribution in [2.24, 2.45) is 22.7 Å². The second-order valence-corrected chi connectivity index (χ2v) is 23.2. The van der Waals surface area contributed by atoms with Crippen LogP contribution in [0.25, 0.3) is 0 Å². The number of carbonyl (C=O) groups is 2.